The molecule has 0 radical (unpaired) electrons. The highest BCUT2D eigenvalue weighted by atomic mass is 35.5. The highest BCUT2D eigenvalue weighted by Gasteiger charge is 2.18. The average Bonchev–Trinajstić information content (AvgIpc) is 2.97. The zero-order valence-electron chi connectivity index (χ0n) is 11.8. The lowest BCUT2D eigenvalue weighted by Gasteiger charge is -2.19. The summed E-state index contributed by atoms with van der Waals surface area (Å²) in [5.74, 6) is 0.244. The molecule has 0 fully saturated rings. The normalized spacial score (nSPS) is 14.9. The largest absolute Gasteiger partial charge is 0.390 e. The number of nitrogens with zero attached hydrogens (tertiary/aromatic N) is 1. The Kier molecular flexibility index (Phi) is 4.32. The van der Waals surface area contributed by atoms with Crippen molar-refractivity contribution in [3.63, 3.8) is 0 Å². The van der Waals surface area contributed by atoms with Gasteiger partial charge in [-0.1, -0.05) is 30.3 Å². The molecule has 2 aromatic carbocycles. The van der Waals surface area contributed by atoms with Crippen LogP contribution in [0.4, 0.5) is 11.4 Å². The van der Waals surface area contributed by atoms with Gasteiger partial charge in [-0.25, -0.2) is 0 Å². The number of rotatable bonds is 5. The fourth-order valence-electron chi connectivity index (χ4n) is 2.62. The summed E-state index contributed by atoms with van der Waals surface area (Å²) in [5.41, 5.74) is 4.99. The van der Waals surface area contributed by atoms with Crippen LogP contribution >= 0.6 is 11.6 Å². The summed E-state index contributed by atoms with van der Waals surface area (Å²) in [6, 6.07) is 16.8. The smallest absolute Gasteiger partial charge is 0.0847 e. The summed E-state index contributed by atoms with van der Waals surface area (Å²) in [5, 5.41) is 12.7. The van der Waals surface area contributed by atoms with E-state index in [4.69, 9.17) is 11.6 Å². The van der Waals surface area contributed by atoms with Crippen LogP contribution in [0.5, 0.6) is 0 Å². The van der Waals surface area contributed by atoms with Crippen molar-refractivity contribution in [2.45, 2.75) is 19.2 Å². The number of halogens is 1. The molecule has 3 nitrogen and oxygen atoms in total. The van der Waals surface area contributed by atoms with E-state index >= 15 is 0 Å². The van der Waals surface area contributed by atoms with Gasteiger partial charge in [-0.15, -0.1) is 11.6 Å². The van der Waals surface area contributed by atoms with Crippen LogP contribution in [-0.4, -0.2) is 23.6 Å². The molecule has 1 heterocycles. The Morgan fingerprint density at radius 2 is 1.81 bits per heavy atom. The first kappa shape index (κ1) is 14.2. The molecular weight excluding hydrogens is 284 g/mol. The zero-order chi connectivity index (χ0) is 14.7. The fourth-order valence-corrected chi connectivity index (χ4v) is 2.73. The van der Waals surface area contributed by atoms with E-state index in [1.54, 1.807) is 0 Å². The molecule has 21 heavy (non-hydrogen) atoms. The minimum absolute atomic E-state index is 0.244. The number of aliphatic hydroxyl groups excluding tert-OH is 1. The van der Waals surface area contributed by atoms with Crippen molar-refractivity contribution in [1.29, 1.82) is 0 Å². The Hall–Kier alpha value is -1.71. The van der Waals surface area contributed by atoms with Crippen molar-refractivity contribution >= 4 is 23.0 Å². The molecule has 2 aromatic rings. The Morgan fingerprint density at radius 1 is 1.10 bits per heavy atom. The predicted octanol–water partition coefficient (Wildman–Crippen LogP) is 3.22. The van der Waals surface area contributed by atoms with Crippen LogP contribution in [0.15, 0.2) is 48.5 Å². The molecule has 4 heteroatoms. The van der Waals surface area contributed by atoms with Gasteiger partial charge in [-0.3, -0.25) is 0 Å². The summed E-state index contributed by atoms with van der Waals surface area (Å²) < 4.78 is 0. The zero-order valence-corrected chi connectivity index (χ0v) is 12.6. The first-order chi connectivity index (χ1) is 10.3. The maximum absolute atomic E-state index is 9.51. The van der Waals surface area contributed by atoms with Gasteiger partial charge >= 0.3 is 0 Å². The van der Waals surface area contributed by atoms with Gasteiger partial charge in [0.15, 0.2) is 0 Å². The van der Waals surface area contributed by atoms with Crippen LogP contribution in [-0.2, 0) is 13.1 Å². The molecule has 1 aliphatic rings. The van der Waals surface area contributed by atoms with Crippen LogP contribution in [0.25, 0.3) is 0 Å². The summed E-state index contributed by atoms with van der Waals surface area (Å²) in [6.07, 6.45) is -0.522. The van der Waals surface area contributed by atoms with E-state index in [1.165, 1.54) is 16.8 Å². The third-order valence-corrected chi connectivity index (χ3v) is 4.13. The summed E-state index contributed by atoms with van der Waals surface area (Å²) >= 11 is 5.61. The van der Waals surface area contributed by atoms with E-state index in [1.807, 2.05) is 12.1 Å². The third-order valence-electron chi connectivity index (χ3n) is 3.77. The maximum Gasteiger partial charge on any atom is 0.0847 e. The second-order valence-electron chi connectivity index (χ2n) is 5.36. The van der Waals surface area contributed by atoms with Gasteiger partial charge in [0.05, 0.1) is 12.0 Å². The van der Waals surface area contributed by atoms with Crippen molar-refractivity contribution in [2.75, 3.05) is 22.6 Å². The average molecular weight is 303 g/mol. The highest BCUT2D eigenvalue weighted by Crippen LogP contribution is 2.29. The molecule has 0 spiro atoms. The van der Waals surface area contributed by atoms with Gasteiger partial charge < -0.3 is 15.3 Å². The van der Waals surface area contributed by atoms with Crippen LogP contribution in [0.3, 0.4) is 0 Å². The molecule has 0 saturated heterocycles. The predicted molar refractivity (Wildman–Crippen MR) is 88.0 cm³/mol. The van der Waals surface area contributed by atoms with Crippen LogP contribution in [0.2, 0.25) is 0 Å². The molecule has 0 aromatic heterocycles. The highest BCUT2D eigenvalue weighted by molar-refractivity contribution is 6.18. The number of benzene rings is 2. The number of anilines is 2. The minimum Gasteiger partial charge on any atom is -0.390 e. The Balaban J connectivity index is 1.70. The van der Waals surface area contributed by atoms with E-state index in [9.17, 15) is 5.11 Å². The second-order valence-corrected chi connectivity index (χ2v) is 5.67. The standard InChI is InChI=1S/C17H19ClN2O/c18-9-17(21)10-19-15-6-3-7-16(8-15)20-11-13-4-1-2-5-14(13)12-20/h1-8,17,19,21H,9-12H2. The van der Waals surface area contributed by atoms with Gasteiger partial charge in [0.1, 0.15) is 0 Å². The van der Waals surface area contributed by atoms with Gasteiger partial charge in [0, 0.05) is 31.0 Å². The van der Waals surface area contributed by atoms with Gasteiger partial charge in [0.2, 0.25) is 0 Å². The van der Waals surface area contributed by atoms with Crippen molar-refractivity contribution in [3.8, 4) is 0 Å². The SMILES string of the molecule is OC(CCl)CNc1cccc(N2Cc3ccccc3C2)c1. The number of fused-ring (bicyclic) bond motifs is 1. The van der Waals surface area contributed by atoms with E-state index in [2.05, 4.69) is 46.6 Å². The maximum atomic E-state index is 9.51. The first-order valence-electron chi connectivity index (χ1n) is 7.16. The van der Waals surface area contributed by atoms with E-state index in [-0.39, 0.29) is 5.88 Å². The lowest BCUT2D eigenvalue weighted by atomic mass is 10.1. The summed E-state index contributed by atoms with van der Waals surface area (Å²) in [6.45, 7) is 2.36. The number of nitrogens with one attached hydrogen (secondary N) is 1. The Morgan fingerprint density at radius 3 is 2.48 bits per heavy atom. The fraction of sp³-hybridized carbons (Fsp3) is 0.294. The van der Waals surface area contributed by atoms with Crippen molar-refractivity contribution in [1.82, 2.24) is 0 Å². The number of hydrogen-bond acceptors (Lipinski definition) is 3. The van der Waals surface area contributed by atoms with Crippen molar-refractivity contribution in [2.24, 2.45) is 0 Å². The topological polar surface area (TPSA) is 35.5 Å². The second kappa shape index (κ2) is 6.37. The molecule has 3 rings (SSSR count). The van der Waals surface area contributed by atoms with Gasteiger partial charge in [0.25, 0.3) is 0 Å². The van der Waals surface area contributed by atoms with Crippen LogP contribution < -0.4 is 10.2 Å². The number of hydrogen-bond donors (Lipinski definition) is 2. The van der Waals surface area contributed by atoms with Crippen LogP contribution in [0, 0.1) is 0 Å². The van der Waals surface area contributed by atoms with Crippen molar-refractivity contribution in [3.05, 3.63) is 59.7 Å². The molecule has 0 bridgehead atoms. The van der Waals surface area contributed by atoms with Crippen molar-refractivity contribution < 1.29 is 5.11 Å². The summed E-state index contributed by atoms with van der Waals surface area (Å²) in [7, 11) is 0. The monoisotopic (exact) mass is 302 g/mol. The number of alkyl halides is 1. The van der Waals surface area contributed by atoms with Crippen LogP contribution in [0.1, 0.15) is 11.1 Å². The van der Waals surface area contributed by atoms with Gasteiger partial charge in [-0.2, -0.15) is 0 Å². The number of aliphatic hydroxyl groups is 1. The third kappa shape index (κ3) is 3.31. The van der Waals surface area contributed by atoms with E-state index in [0.29, 0.717) is 6.54 Å². The lowest BCUT2D eigenvalue weighted by Crippen LogP contribution is -2.21. The molecule has 1 aliphatic heterocycles. The first-order valence-corrected chi connectivity index (χ1v) is 7.69. The quantitative estimate of drug-likeness (QED) is 0.833. The van der Waals surface area contributed by atoms with E-state index in [0.717, 1.165) is 18.8 Å². The molecule has 2 N–H and O–H groups in total. The molecular formula is C17H19ClN2O. The van der Waals surface area contributed by atoms with E-state index < -0.39 is 6.10 Å². The summed E-state index contributed by atoms with van der Waals surface area (Å²) in [4.78, 5) is 2.35. The Bertz CT molecular complexity index is 592. The molecule has 1 atom stereocenters. The molecule has 0 aliphatic carbocycles. The molecule has 110 valence electrons. The van der Waals surface area contributed by atoms with Gasteiger partial charge in [-0.05, 0) is 29.3 Å². The lowest BCUT2D eigenvalue weighted by molar-refractivity contribution is 0.211. The molecule has 0 saturated carbocycles. The molecule has 0 amide bonds. The molecule has 1 unspecified atom stereocenters. The minimum atomic E-state index is -0.522. The Labute approximate surface area is 130 Å².